The fourth-order valence-electron chi connectivity index (χ4n) is 2.70. The number of nitrogens with zero attached hydrogens (tertiary/aromatic N) is 2. The zero-order valence-electron chi connectivity index (χ0n) is 15.8. The summed E-state index contributed by atoms with van der Waals surface area (Å²) in [5, 5.41) is 12.4. The van der Waals surface area contributed by atoms with Crippen LogP contribution in [0.25, 0.3) is 10.2 Å². The highest BCUT2D eigenvalue weighted by Crippen LogP contribution is 2.28. The lowest BCUT2D eigenvalue weighted by molar-refractivity contribution is -0.116. The second-order valence-corrected chi connectivity index (χ2v) is 7.18. The highest BCUT2D eigenvalue weighted by Gasteiger charge is 2.09. The van der Waals surface area contributed by atoms with Crippen LogP contribution in [0.15, 0.2) is 36.4 Å². The summed E-state index contributed by atoms with van der Waals surface area (Å²) in [5.41, 5.74) is 2.66. The molecule has 28 heavy (non-hydrogen) atoms. The van der Waals surface area contributed by atoms with Gasteiger partial charge in [0.15, 0.2) is 16.6 Å². The van der Waals surface area contributed by atoms with Gasteiger partial charge in [0.05, 0.1) is 35.6 Å². The first-order chi connectivity index (χ1) is 13.6. The fraction of sp³-hybridized carbons (Fsp3) is 0.286. The van der Waals surface area contributed by atoms with Gasteiger partial charge in [-0.1, -0.05) is 24.3 Å². The molecule has 0 saturated carbocycles. The van der Waals surface area contributed by atoms with Gasteiger partial charge in [-0.2, -0.15) is 5.26 Å². The number of anilines is 1. The molecule has 144 valence electrons. The Morgan fingerprint density at radius 2 is 2.11 bits per heavy atom. The number of methoxy groups -OCH3 is 1. The smallest absolute Gasteiger partial charge is 0.226 e. The van der Waals surface area contributed by atoms with Gasteiger partial charge in [0.2, 0.25) is 5.91 Å². The summed E-state index contributed by atoms with van der Waals surface area (Å²) in [6.45, 7) is 2.48. The summed E-state index contributed by atoms with van der Waals surface area (Å²) in [6, 6.07) is 13.2. The van der Waals surface area contributed by atoms with E-state index in [1.165, 1.54) is 24.0 Å². The normalized spacial score (nSPS) is 10.5. The number of aromatic nitrogens is 1. The Bertz CT molecular complexity index is 1020. The second kappa shape index (κ2) is 9.20. The number of hydrogen-bond donors (Lipinski definition) is 1. The van der Waals surface area contributed by atoms with Crippen LogP contribution in [0.5, 0.6) is 11.5 Å². The lowest BCUT2D eigenvalue weighted by Crippen LogP contribution is -2.12. The maximum atomic E-state index is 12.2. The molecule has 0 aliphatic carbocycles. The first kappa shape index (κ1) is 19.6. The molecule has 7 heteroatoms. The predicted octanol–water partition coefficient (Wildman–Crippen LogP) is 4.54. The number of aryl methyl sites for hydroxylation is 1. The molecule has 2 aromatic carbocycles. The number of hydrogen-bond acceptors (Lipinski definition) is 6. The van der Waals surface area contributed by atoms with Crippen molar-refractivity contribution in [3.63, 3.8) is 0 Å². The Balaban J connectivity index is 1.49. The van der Waals surface area contributed by atoms with Crippen LogP contribution in [0, 0.1) is 11.3 Å². The van der Waals surface area contributed by atoms with Gasteiger partial charge in [0.25, 0.3) is 0 Å². The molecule has 0 spiro atoms. The SMILES string of the molecule is CCc1ccc2nc(NC(=O)CCCOc3ccc(C#N)cc3OC)sc2c1. The molecule has 1 amide bonds. The molecular formula is C21H21N3O3S. The highest BCUT2D eigenvalue weighted by molar-refractivity contribution is 7.22. The molecule has 0 aliphatic rings. The third kappa shape index (κ3) is 4.78. The number of benzene rings is 2. The largest absolute Gasteiger partial charge is 0.493 e. The van der Waals surface area contributed by atoms with Crippen molar-refractivity contribution in [2.24, 2.45) is 0 Å². The summed E-state index contributed by atoms with van der Waals surface area (Å²) in [6.07, 6.45) is 1.86. The van der Waals surface area contributed by atoms with Crippen LogP contribution >= 0.6 is 11.3 Å². The lowest BCUT2D eigenvalue weighted by Gasteiger charge is -2.10. The zero-order chi connectivity index (χ0) is 19.9. The Labute approximate surface area is 167 Å². The van der Waals surface area contributed by atoms with Crippen LogP contribution in [0.4, 0.5) is 5.13 Å². The molecule has 6 nitrogen and oxygen atoms in total. The van der Waals surface area contributed by atoms with Crippen molar-refractivity contribution in [2.45, 2.75) is 26.2 Å². The number of ether oxygens (including phenoxy) is 2. The van der Waals surface area contributed by atoms with E-state index < -0.39 is 0 Å². The van der Waals surface area contributed by atoms with Gasteiger partial charge in [-0.15, -0.1) is 0 Å². The quantitative estimate of drug-likeness (QED) is 0.566. The van der Waals surface area contributed by atoms with E-state index in [2.05, 4.69) is 35.4 Å². The van der Waals surface area contributed by atoms with E-state index in [-0.39, 0.29) is 5.91 Å². The van der Waals surface area contributed by atoms with Crippen LogP contribution in [0.1, 0.15) is 30.9 Å². The summed E-state index contributed by atoms with van der Waals surface area (Å²) in [4.78, 5) is 16.6. The Hall–Kier alpha value is -3.11. The van der Waals surface area contributed by atoms with Crippen LogP contribution in [0.3, 0.4) is 0 Å². The van der Waals surface area contributed by atoms with Crippen molar-refractivity contribution < 1.29 is 14.3 Å². The Morgan fingerprint density at radius 1 is 1.25 bits per heavy atom. The van der Waals surface area contributed by atoms with Crippen molar-refractivity contribution in [3.05, 3.63) is 47.5 Å². The van der Waals surface area contributed by atoms with Gasteiger partial charge in [-0.05, 0) is 42.7 Å². The van der Waals surface area contributed by atoms with Crippen molar-refractivity contribution in [3.8, 4) is 17.6 Å². The number of carbonyl (C=O) groups excluding carboxylic acids is 1. The number of nitrogens with one attached hydrogen (secondary N) is 1. The van der Waals surface area contributed by atoms with E-state index in [1.807, 2.05) is 6.07 Å². The zero-order valence-corrected chi connectivity index (χ0v) is 16.6. The summed E-state index contributed by atoms with van der Waals surface area (Å²) in [5.74, 6) is 0.967. The van der Waals surface area contributed by atoms with E-state index in [9.17, 15) is 4.79 Å². The average Bonchev–Trinajstić information content (AvgIpc) is 3.12. The minimum Gasteiger partial charge on any atom is -0.493 e. The molecule has 3 rings (SSSR count). The van der Waals surface area contributed by atoms with Crippen LogP contribution in [-0.4, -0.2) is 24.6 Å². The minimum absolute atomic E-state index is 0.0924. The maximum Gasteiger partial charge on any atom is 0.226 e. The molecule has 0 saturated heterocycles. The van der Waals surface area contributed by atoms with E-state index in [1.54, 1.807) is 18.2 Å². The highest BCUT2D eigenvalue weighted by atomic mass is 32.1. The van der Waals surface area contributed by atoms with Crippen molar-refractivity contribution >= 4 is 32.6 Å². The van der Waals surface area contributed by atoms with Crippen molar-refractivity contribution in [2.75, 3.05) is 19.0 Å². The van der Waals surface area contributed by atoms with Gasteiger partial charge < -0.3 is 14.8 Å². The second-order valence-electron chi connectivity index (χ2n) is 6.15. The summed E-state index contributed by atoms with van der Waals surface area (Å²) in [7, 11) is 1.53. The van der Waals surface area contributed by atoms with Crippen LogP contribution in [-0.2, 0) is 11.2 Å². The van der Waals surface area contributed by atoms with E-state index in [0.29, 0.717) is 41.6 Å². The lowest BCUT2D eigenvalue weighted by atomic mass is 10.2. The molecule has 3 aromatic rings. The molecule has 1 aromatic heterocycles. The van der Waals surface area contributed by atoms with Gasteiger partial charge >= 0.3 is 0 Å². The van der Waals surface area contributed by atoms with Gasteiger partial charge in [-0.25, -0.2) is 4.98 Å². The first-order valence-corrected chi connectivity index (χ1v) is 9.85. The van der Waals surface area contributed by atoms with Gasteiger partial charge in [0, 0.05) is 12.5 Å². The number of rotatable bonds is 8. The molecule has 1 N–H and O–H groups in total. The standard InChI is InChI=1S/C21H21N3O3S/c1-3-14-6-8-16-19(12-14)28-21(23-16)24-20(25)5-4-10-27-17-9-7-15(13-22)11-18(17)26-2/h6-9,11-12H,3-5,10H2,1-2H3,(H,23,24,25). The van der Waals surface area contributed by atoms with E-state index >= 15 is 0 Å². The minimum atomic E-state index is -0.0924. The molecule has 0 fully saturated rings. The predicted molar refractivity (Wildman–Crippen MR) is 110 cm³/mol. The molecule has 0 radical (unpaired) electrons. The summed E-state index contributed by atoms with van der Waals surface area (Å²) < 4.78 is 12.0. The number of amides is 1. The number of fused-ring (bicyclic) bond motifs is 1. The van der Waals surface area contributed by atoms with Gasteiger partial charge in [0.1, 0.15) is 0 Å². The number of nitriles is 1. The molecule has 0 unspecified atom stereocenters. The fourth-order valence-corrected chi connectivity index (χ4v) is 3.64. The van der Waals surface area contributed by atoms with E-state index in [4.69, 9.17) is 14.7 Å². The first-order valence-electron chi connectivity index (χ1n) is 9.03. The topological polar surface area (TPSA) is 84.2 Å². The molecule has 0 atom stereocenters. The van der Waals surface area contributed by atoms with Crippen LogP contribution < -0.4 is 14.8 Å². The van der Waals surface area contributed by atoms with Gasteiger partial charge in [-0.3, -0.25) is 4.79 Å². The molecular weight excluding hydrogens is 374 g/mol. The van der Waals surface area contributed by atoms with Crippen LogP contribution in [0.2, 0.25) is 0 Å². The molecule has 0 aliphatic heterocycles. The molecule has 1 heterocycles. The number of thiazole rings is 1. The van der Waals surface area contributed by atoms with Crippen molar-refractivity contribution in [1.29, 1.82) is 5.26 Å². The van der Waals surface area contributed by atoms with E-state index in [0.717, 1.165) is 16.6 Å². The Kier molecular flexibility index (Phi) is 6.45. The number of carbonyl (C=O) groups is 1. The monoisotopic (exact) mass is 395 g/mol. The maximum absolute atomic E-state index is 12.2. The third-order valence-corrected chi connectivity index (χ3v) is 5.14. The molecule has 0 bridgehead atoms. The average molecular weight is 395 g/mol. The Morgan fingerprint density at radius 3 is 2.86 bits per heavy atom. The van der Waals surface area contributed by atoms with Crippen molar-refractivity contribution in [1.82, 2.24) is 4.98 Å². The third-order valence-electron chi connectivity index (χ3n) is 4.21. The summed E-state index contributed by atoms with van der Waals surface area (Å²) >= 11 is 1.48.